The minimum atomic E-state index is -0.382. The zero-order chi connectivity index (χ0) is 13.8. The first-order chi connectivity index (χ1) is 9.08. The number of ether oxygens (including phenoxy) is 1. The van der Waals surface area contributed by atoms with Gasteiger partial charge in [-0.2, -0.15) is 0 Å². The zero-order valence-electron chi connectivity index (χ0n) is 11.5. The smallest absolute Gasteiger partial charge is 0.260 e. The summed E-state index contributed by atoms with van der Waals surface area (Å²) in [4.78, 5) is 13.6. The molecule has 0 radical (unpaired) electrons. The van der Waals surface area contributed by atoms with Crippen molar-refractivity contribution in [3.8, 4) is 5.75 Å². The fourth-order valence-electron chi connectivity index (χ4n) is 2.29. The van der Waals surface area contributed by atoms with Crippen LogP contribution in [0.2, 0.25) is 0 Å². The Hall–Kier alpha value is -1.55. The molecule has 0 aliphatic carbocycles. The molecule has 0 spiro atoms. The number of nitrogens with zero attached hydrogens (tertiary/aromatic N) is 1. The molecule has 0 saturated carbocycles. The lowest BCUT2D eigenvalue weighted by Gasteiger charge is -2.18. The fraction of sp³-hybridized carbons (Fsp3) is 0.533. The molecular formula is C15H21NO3. The summed E-state index contributed by atoms with van der Waals surface area (Å²) < 4.78 is 5.64. The summed E-state index contributed by atoms with van der Waals surface area (Å²) in [6.45, 7) is 5.28. The van der Waals surface area contributed by atoms with Gasteiger partial charge in [-0.05, 0) is 24.0 Å². The van der Waals surface area contributed by atoms with Crippen molar-refractivity contribution in [2.45, 2.75) is 32.3 Å². The van der Waals surface area contributed by atoms with Crippen LogP contribution in [0.3, 0.4) is 0 Å². The summed E-state index contributed by atoms with van der Waals surface area (Å²) in [6, 6.07) is 7.79. The molecule has 1 fully saturated rings. The SMILES string of the molecule is CC(C)c1ccccc1OCC(=O)N1CCC(O)C1. The van der Waals surface area contributed by atoms with Gasteiger partial charge in [0.1, 0.15) is 5.75 Å². The van der Waals surface area contributed by atoms with Gasteiger partial charge in [0.25, 0.3) is 5.91 Å². The molecule has 19 heavy (non-hydrogen) atoms. The average Bonchev–Trinajstić information content (AvgIpc) is 2.83. The quantitative estimate of drug-likeness (QED) is 0.901. The van der Waals surface area contributed by atoms with Crippen molar-refractivity contribution in [3.05, 3.63) is 29.8 Å². The molecule has 0 aromatic heterocycles. The van der Waals surface area contributed by atoms with E-state index in [0.717, 1.165) is 11.3 Å². The number of amides is 1. The zero-order valence-corrected chi connectivity index (χ0v) is 11.5. The molecule has 4 heteroatoms. The Morgan fingerprint density at radius 2 is 2.21 bits per heavy atom. The number of β-amino-alcohol motifs (C(OH)–C–C–N with tert-alkyl or cyclic N) is 1. The minimum absolute atomic E-state index is 0.0381. The first-order valence-electron chi connectivity index (χ1n) is 6.75. The molecule has 0 bridgehead atoms. The Morgan fingerprint density at radius 1 is 1.47 bits per heavy atom. The number of carbonyl (C=O) groups excluding carboxylic acids is 1. The highest BCUT2D eigenvalue weighted by molar-refractivity contribution is 5.78. The van der Waals surface area contributed by atoms with E-state index >= 15 is 0 Å². The highest BCUT2D eigenvalue weighted by Gasteiger charge is 2.24. The second-order valence-electron chi connectivity index (χ2n) is 5.26. The van der Waals surface area contributed by atoms with E-state index in [1.165, 1.54) is 0 Å². The topological polar surface area (TPSA) is 49.8 Å². The number of hydrogen-bond acceptors (Lipinski definition) is 3. The van der Waals surface area contributed by atoms with Crippen LogP contribution in [0.4, 0.5) is 0 Å². The summed E-state index contributed by atoms with van der Waals surface area (Å²) in [7, 11) is 0. The van der Waals surface area contributed by atoms with Crippen molar-refractivity contribution in [3.63, 3.8) is 0 Å². The van der Waals surface area contributed by atoms with Crippen molar-refractivity contribution in [2.24, 2.45) is 0 Å². The third kappa shape index (κ3) is 3.47. The molecule has 1 unspecified atom stereocenters. The monoisotopic (exact) mass is 263 g/mol. The van der Waals surface area contributed by atoms with E-state index in [9.17, 15) is 9.90 Å². The van der Waals surface area contributed by atoms with Gasteiger partial charge in [-0.3, -0.25) is 4.79 Å². The number of carbonyl (C=O) groups is 1. The van der Waals surface area contributed by atoms with Gasteiger partial charge in [0.2, 0.25) is 0 Å². The van der Waals surface area contributed by atoms with Crippen molar-refractivity contribution in [1.29, 1.82) is 0 Å². The second kappa shape index (κ2) is 6.06. The molecule has 1 aromatic carbocycles. The average molecular weight is 263 g/mol. The molecule has 1 heterocycles. The number of likely N-dealkylation sites (tertiary alicyclic amines) is 1. The van der Waals surface area contributed by atoms with Crippen LogP contribution in [0.25, 0.3) is 0 Å². The van der Waals surface area contributed by atoms with Crippen molar-refractivity contribution >= 4 is 5.91 Å². The standard InChI is InChI=1S/C15H21NO3/c1-11(2)13-5-3-4-6-14(13)19-10-15(18)16-8-7-12(17)9-16/h3-6,11-12,17H,7-10H2,1-2H3. The highest BCUT2D eigenvalue weighted by atomic mass is 16.5. The Labute approximate surface area is 114 Å². The van der Waals surface area contributed by atoms with Gasteiger partial charge in [0.15, 0.2) is 6.61 Å². The van der Waals surface area contributed by atoms with Gasteiger partial charge in [0.05, 0.1) is 6.10 Å². The van der Waals surface area contributed by atoms with Crippen LogP contribution in [0.5, 0.6) is 5.75 Å². The molecule has 4 nitrogen and oxygen atoms in total. The third-order valence-corrected chi connectivity index (χ3v) is 3.41. The predicted octanol–water partition coefficient (Wildman–Crippen LogP) is 1.78. The van der Waals surface area contributed by atoms with E-state index in [1.807, 2.05) is 24.3 Å². The van der Waals surface area contributed by atoms with E-state index in [2.05, 4.69) is 13.8 Å². The summed E-state index contributed by atoms with van der Waals surface area (Å²) in [5.41, 5.74) is 1.11. The highest BCUT2D eigenvalue weighted by Crippen LogP contribution is 2.25. The molecule has 1 amide bonds. The van der Waals surface area contributed by atoms with Crippen LogP contribution in [0, 0.1) is 0 Å². The van der Waals surface area contributed by atoms with Crippen molar-refractivity contribution < 1.29 is 14.6 Å². The normalized spacial score (nSPS) is 18.9. The summed E-state index contributed by atoms with van der Waals surface area (Å²) in [6.07, 6.45) is 0.279. The number of hydrogen-bond donors (Lipinski definition) is 1. The van der Waals surface area contributed by atoms with Gasteiger partial charge < -0.3 is 14.7 Å². The second-order valence-corrected chi connectivity index (χ2v) is 5.26. The number of benzene rings is 1. The molecule has 1 aromatic rings. The molecule has 1 aliphatic heterocycles. The summed E-state index contributed by atoms with van der Waals surface area (Å²) in [5.74, 6) is 1.07. The van der Waals surface area contributed by atoms with Crippen LogP contribution in [0.15, 0.2) is 24.3 Å². The van der Waals surface area contributed by atoms with Crippen molar-refractivity contribution in [2.75, 3.05) is 19.7 Å². The van der Waals surface area contributed by atoms with E-state index < -0.39 is 0 Å². The van der Waals surface area contributed by atoms with Crippen LogP contribution < -0.4 is 4.74 Å². The Kier molecular flexibility index (Phi) is 4.43. The summed E-state index contributed by atoms with van der Waals surface area (Å²) >= 11 is 0. The summed E-state index contributed by atoms with van der Waals surface area (Å²) in [5, 5.41) is 9.42. The maximum Gasteiger partial charge on any atom is 0.260 e. The van der Waals surface area contributed by atoms with Crippen LogP contribution in [0.1, 0.15) is 31.7 Å². The largest absolute Gasteiger partial charge is 0.483 e. The lowest BCUT2D eigenvalue weighted by molar-refractivity contribution is -0.132. The Balaban J connectivity index is 1.93. The number of aliphatic hydroxyl groups excluding tert-OH is 1. The van der Waals surface area contributed by atoms with Gasteiger partial charge in [-0.1, -0.05) is 32.0 Å². The molecule has 1 saturated heterocycles. The molecular weight excluding hydrogens is 242 g/mol. The number of aliphatic hydroxyl groups is 1. The lowest BCUT2D eigenvalue weighted by atomic mass is 10.0. The molecule has 1 N–H and O–H groups in total. The third-order valence-electron chi connectivity index (χ3n) is 3.41. The van der Waals surface area contributed by atoms with Gasteiger partial charge in [-0.25, -0.2) is 0 Å². The molecule has 104 valence electrons. The number of para-hydroxylation sites is 1. The van der Waals surface area contributed by atoms with Gasteiger partial charge in [-0.15, -0.1) is 0 Å². The van der Waals surface area contributed by atoms with Crippen LogP contribution in [-0.4, -0.2) is 41.7 Å². The lowest BCUT2D eigenvalue weighted by Crippen LogP contribution is -2.33. The maximum atomic E-state index is 11.9. The molecule has 1 atom stereocenters. The maximum absolute atomic E-state index is 11.9. The molecule has 1 aliphatic rings. The Bertz CT molecular complexity index is 445. The fourth-order valence-corrected chi connectivity index (χ4v) is 2.29. The first-order valence-corrected chi connectivity index (χ1v) is 6.75. The number of rotatable bonds is 4. The Morgan fingerprint density at radius 3 is 2.84 bits per heavy atom. The minimum Gasteiger partial charge on any atom is -0.483 e. The van der Waals surface area contributed by atoms with E-state index in [1.54, 1.807) is 4.90 Å². The molecule has 2 rings (SSSR count). The predicted molar refractivity (Wildman–Crippen MR) is 73.2 cm³/mol. The van der Waals surface area contributed by atoms with E-state index in [0.29, 0.717) is 25.4 Å². The van der Waals surface area contributed by atoms with Crippen molar-refractivity contribution in [1.82, 2.24) is 4.90 Å². The first kappa shape index (κ1) is 13.9. The van der Waals surface area contributed by atoms with Gasteiger partial charge in [0, 0.05) is 13.1 Å². The van der Waals surface area contributed by atoms with Crippen LogP contribution in [-0.2, 0) is 4.79 Å². The van der Waals surface area contributed by atoms with E-state index in [4.69, 9.17) is 4.74 Å². The van der Waals surface area contributed by atoms with Crippen LogP contribution >= 0.6 is 0 Å². The van der Waals surface area contributed by atoms with Gasteiger partial charge >= 0.3 is 0 Å². The van der Waals surface area contributed by atoms with E-state index in [-0.39, 0.29) is 18.6 Å².